The van der Waals surface area contributed by atoms with Crippen LogP contribution < -0.4 is 11.1 Å². The number of nitrogens with two attached hydrogens (primary N) is 1. The Kier molecular flexibility index (Phi) is 7.13. The fraction of sp³-hybridized carbons (Fsp3) is 0.500. The molecule has 0 aromatic heterocycles. The van der Waals surface area contributed by atoms with E-state index in [1.165, 1.54) is 0 Å². The molecule has 1 fully saturated rings. The number of carbonyl (C=O) groups is 3. The molecule has 0 radical (unpaired) electrons. The summed E-state index contributed by atoms with van der Waals surface area (Å²) in [6, 6.07) is -0.0692. The topological polar surface area (TPSA) is 133 Å². The minimum absolute atomic E-state index is 0.242. The molecule has 0 aliphatic carbocycles. The Hall–Kier alpha value is -2.09. The molecule has 2 amide bonds. The number of carboxylic acid groups (broad SMARTS) is 2. The molecule has 0 aromatic carbocycles. The molecular formula is C10H17N3O5. The maximum absolute atomic E-state index is 10.7. The van der Waals surface area contributed by atoms with Crippen molar-refractivity contribution >= 4 is 18.0 Å². The van der Waals surface area contributed by atoms with Crippen LogP contribution in [0.4, 0.5) is 4.79 Å². The molecule has 1 rings (SSSR count). The number of rotatable bonds is 2. The zero-order chi connectivity index (χ0) is 14.1. The molecule has 102 valence electrons. The van der Waals surface area contributed by atoms with Gasteiger partial charge in [-0.25, -0.2) is 14.4 Å². The molecule has 8 heteroatoms. The van der Waals surface area contributed by atoms with Gasteiger partial charge in [0.25, 0.3) is 0 Å². The molecule has 5 N–H and O–H groups in total. The van der Waals surface area contributed by atoms with Crippen LogP contribution in [0.25, 0.3) is 0 Å². The molecule has 0 bridgehead atoms. The molecule has 1 unspecified atom stereocenters. The lowest BCUT2D eigenvalue weighted by molar-refractivity contribution is -0.134. The van der Waals surface area contributed by atoms with E-state index in [0.29, 0.717) is 12.2 Å². The summed E-state index contributed by atoms with van der Waals surface area (Å²) in [5, 5.41) is 18.8. The Balaban J connectivity index is 0.000000331. The van der Waals surface area contributed by atoms with Crippen LogP contribution in [0.5, 0.6) is 0 Å². The minimum atomic E-state index is -1.26. The third-order valence-electron chi connectivity index (χ3n) is 2.15. The summed E-state index contributed by atoms with van der Waals surface area (Å²) in [5.74, 6) is -2.51. The van der Waals surface area contributed by atoms with Gasteiger partial charge in [-0.3, -0.25) is 0 Å². The molecule has 18 heavy (non-hydrogen) atoms. The number of hydrogen-bond acceptors (Lipinski definition) is 4. The van der Waals surface area contributed by atoms with Crippen molar-refractivity contribution in [3.05, 3.63) is 12.2 Å². The van der Waals surface area contributed by atoms with Crippen LogP contribution in [0.2, 0.25) is 0 Å². The first-order chi connectivity index (χ1) is 8.34. The molecule has 1 aliphatic heterocycles. The van der Waals surface area contributed by atoms with Gasteiger partial charge in [-0.15, -0.1) is 0 Å². The molecule has 1 saturated heterocycles. The van der Waals surface area contributed by atoms with Crippen LogP contribution >= 0.6 is 0 Å². The highest BCUT2D eigenvalue weighted by Crippen LogP contribution is 2.00. The van der Waals surface area contributed by atoms with E-state index in [1.54, 1.807) is 4.90 Å². The highest BCUT2D eigenvalue weighted by Gasteiger charge is 2.19. The van der Waals surface area contributed by atoms with Crippen molar-refractivity contribution in [1.82, 2.24) is 10.2 Å². The number of carboxylic acids is 2. The van der Waals surface area contributed by atoms with Crippen LogP contribution in [0, 0.1) is 0 Å². The second-order valence-electron chi connectivity index (χ2n) is 3.59. The van der Waals surface area contributed by atoms with Gasteiger partial charge >= 0.3 is 18.0 Å². The van der Waals surface area contributed by atoms with Gasteiger partial charge in [0.05, 0.1) is 0 Å². The molecule has 1 atom stereocenters. The van der Waals surface area contributed by atoms with E-state index in [-0.39, 0.29) is 12.1 Å². The summed E-state index contributed by atoms with van der Waals surface area (Å²) in [4.78, 5) is 31.5. The van der Waals surface area contributed by atoms with Crippen molar-refractivity contribution in [2.24, 2.45) is 5.73 Å². The van der Waals surface area contributed by atoms with E-state index in [2.05, 4.69) is 5.32 Å². The molecule has 0 spiro atoms. The summed E-state index contributed by atoms with van der Waals surface area (Å²) in [7, 11) is 0. The minimum Gasteiger partial charge on any atom is -0.478 e. The third-order valence-corrected chi connectivity index (χ3v) is 2.15. The van der Waals surface area contributed by atoms with Crippen molar-refractivity contribution in [2.75, 3.05) is 19.6 Å². The van der Waals surface area contributed by atoms with Gasteiger partial charge in [-0.05, 0) is 6.92 Å². The maximum Gasteiger partial charge on any atom is 0.328 e. The fourth-order valence-electron chi connectivity index (χ4n) is 1.31. The second-order valence-corrected chi connectivity index (χ2v) is 3.59. The van der Waals surface area contributed by atoms with E-state index in [9.17, 15) is 14.4 Å². The van der Waals surface area contributed by atoms with Gasteiger partial charge in [0.1, 0.15) is 0 Å². The van der Waals surface area contributed by atoms with Crippen LogP contribution in [0.3, 0.4) is 0 Å². The number of urea groups is 1. The highest BCUT2D eigenvalue weighted by molar-refractivity contribution is 5.89. The first kappa shape index (κ1) is 15.9. The van der Waals surface area contributed by atoms with Gasteiger partial charge in [0.2, 0.25) is 0 Å². The van der Waals surface area contributed by atoms with Gasteiger partial charge in [0, 0.05) is 37.8 Å². The number of aliphatic carboxylic acids is 2. The number of primary amides is 1. The molecule has 0 saturated carbocycles. The van der Waals surface area contributed by atoms with Crippen LogP contribution in [0.1, 0.15) is 6.92 Å². The van der Waals surface area contributed by atoms with Crippen molar-refractivity contribution in [1.29, 1.82) is 0 Å². The summed E-state index contributed by atoms with van der Waals surface area (Å²) >= 11 is 0. The van der Waals surface area contributed by atoms with Crippen LogP contribution in [0.15, 0.2) is 12.2 Å². The van der Waals surface area contributed by atoms with Crippen molar-refractivity contribution in [2.45, 2.75) is 13.0 Å². The van der Waals surface area contributed by atoms with Crippen molar-refractivity contribution in [3.63, 3.8) is 0 Å². The predicted molar refractivity (Wildman–Crippen MR) is 63.0 cm³/mol. The molecule has 1 heterocycles. The van der Waals surface area contributed by atoms with E-state index in [1.807, 2.05) is 6.92 Å². The van der Waals surface area contributed by atoms with E-state index < -0.39 is 11.9 Å². The first-order valence-corrected chi connectivity index (χ1v) is 5.25. The number of nitrogens with one attached hydrogen (secondary N) is 1. The lowest BCUT2D eigenvalue weighted by Gasteiger charge is -2.32. The number of carbonyl (C=O) groups excluding carboxylic acids is 1. The first-order valence-electron chi connectivity index (χ1n) is 5.25. The number of hydrogen-bond donors (Lipinski definition) is 4. The van der Waals surface area contributed by atoms with E-state index >= 15 is 0 Å². The summed E-state index contributed by atoms with van der Waals surface area (Å²) in [5.41, 5.74) is 5.12. The zero-order valence-corrected chi connectivity index (χ0v) is 10.00. The monoisotopic (exact) mass is 259 g/mol. The summed E-state index contributed by atoms with van der Waals surface area (Å²) in [6.45, 7) is 4.42. The summed E-state index contributed by atoms with van der Waals surface area (Å²) in [6.07, 6.45) is 1.12. The number of amides is 2. The average Bonchev–Trinajstić information content (AvgIpc) is 2.27. The lowest BCUT2D eigenvalue weighted by atomic mass is 10.2. The Bertz CT molecular complexity index is 326. The Morgan fingerprint density at radius 1 is 1.28 bits per heavy atom. The number of nitrogens with zero attached hydrogens (tertiary/aromatic N) is 1. The smallest absolute Gasteiger partial charge is 0.328 e. The fourth-order valence-corrected chi connectivity index (χ4v) is 1.31. The normalized spacial score (nSPS) is 18.9. The Morgan fingerprint density at radius 2 is 1.78 bits per heavy atom. The van der Waals surface area contributed by atoms with Gasteiger partial charge in [-0.2, -0.15) is 0 Å². The van der Waals surface area contributed by atoms with Gasteiger partial charge in [-0.1, -0.05) is 0 Å². The zero-order valence-electron chi connectivity index (χ0n) is 10.00. The van der Waals surface area contributed by atoms with Gasteiger partial charge in [0.15, 0.2) is 0 Å². The average molecular weight is 259 g/mol. The molecule has 1 aliphatic rings. The highest BCUT2D eigenvalue weighted by atomic mass is 16.4. The molecular weight excluding hydrogens is 242 g/mol. The van der Waals surface area contributed by atoms with E-state index in [0.717, 1.165) is 19.6 Å². The predicted octanol–water partition coefficient (Wildman–Crippen LogP) is -0.929. The Labute approximate surface area is 104 Å². The van der Waals surface area contributed by atoms with Crippen LogP contribution in [-0.4, -0.2) is 58.8 Å². The largest absolute Gasteiger partial charge is 0.478 e. The van der Waals surface area contributed by atoms with Crippen LogP contribution in [-0.2, 0) is 9.59 Å². The third kappa shape index (κ3) is 7.23. The standard InChI is InChI=1S/C6H13N3O.C4H4O4/c1-5-4-8-2-3-9(5)6(7)10;5-3(6)1-2-4(7)8/h5,8H,2-4H2,1H3,(H2,7,10);1-2H,(H,5,6)(H,7,8). The lowest BCUT2D eigenvalue weighted by Crippen LogP contribution is -2.53. The maximum atomic E-state index is 10.7. The van der Waals surface area contributed by atoms with Crippen molar-refractivity contribution < 1.29 is 24.6 Å². The summed E-state index contributed by atoms with van der Waals surface area (Å²) < 4.78 is 0. The molecule has 8 nitrogen and oxygen atoms in total. The quantitative estimate of drug-likeness (QED) is 0.473. The Morgan fingerprint density at radius 3 is 2.06 bits per heavy atom. The second kappa shape index (κ2) is 8.07. The molecule has 0 aromatic rings. The van der Waals surface area contributed by atoms with Crippen molar-refractivity contribution in [3.8, 4) is 0 Å². The van der Waals surface area contributed by atoms with E-state index in [4.69, 9.17) is 15.9 Å². The number of piperazine rings is 1. The SMILES string of the molecule is CC1CNCCN1C(N)=O.O=C(O)C=CC(=O)O. The van der Waals surface area contributed by atoms with Gasteiger partial charge < -0.3 is 26.2 Å².